The van der Waals surface area contributed by atoms with E-state index in [1.165, 1.54) is 47.7 Å². The zero-order valence-corrected chi connectivity index (χ0v) is 13.0. The van der Waals surface area contributed by atoms with Gasteiger partial charge in [0.05, 0.1) is 11.2 Å². The van der Waals surface area contributed by atoms with Crippen LogP contribution in [0.5, 0.6) is 0 Å². The minimum Gasteiger partial charge on any atom is -0.305 e. The van der Waals surface area contributed by atoms with Crippen LogP contribution >= 0.6 is 11.3 Å². The van der Waals surface area contributed by atoms with E-state index in [1.54, 1.807) is 0 Å². The van der Waals surface area contributed by atoms with Crippen LogP contribution < -0.4 is 5.32 Å². The molecule has 0 aromatic carbocycles. The molecule has 0 bridgehead atoms. The Morgan fingerprint density at radius 1 is 1.39 bits per heavy atom. The summed E-state index contributed by atoms with van der Waals surface area (Å²) in [5.74, 6) is 0.697. The summed E-state index contributed by atoms with van der Waals surface area (Å²) in [4.78, 5) is 6.24. The van der Waals surface area contributed by atoms with Crippen LogP contribution in [0.2, 0.25) is 0 Å². The molecule has 2 rings (SSSR count). The molecule has 3 heteroatoms. The lowest BCUT2D eigenvalue weighted by atomic mass is 9.74. The van der Waals surface area contributed by atoms with Gasteiger partial charge in [0.2, 0.25) is 0 Å². The van der Waals surface area contributed by atoms with Crippen molar-refractivity contribution in [3.05, 3.63) is 15.6 Å². The van der Waals surface area contributed by atoms with Crippen molar-refractivity contribution >= 4 is 11.3 Å². The zero-order chi connectivity index (χ0) is 13.2. The van der Waals surface area contributed by atoms with E-state index in [-0.39, 0.29) is 5.54 Å². The molecular formula is C15H26N2S. The second-order valence-electron chi connectivity index (χ2n) is 5.71. The second kappa shape index (κ2) is 5.70. The van der Waals surface area contributed by atoms with E-state index in [1.807, 2.05) is 11.3 Å². The summed E-state index contributed by atoms with van der Waals surface area (Å²) < 4.78 is 0. The molecule has 0 radical (unpaired) electrons. The number of nitrogens with one attached hydrogen (secondary N) is 1. The Balaban J connectivity index is 2.33. The third kappa shape index (κ3) is 2.48. The molecule has 0 aliphatic heterocycles. The van der Waals surface area contributed by atoms with Gasteiger partial charge in [-0.1, -0.05) is 26.7 Å². The fraction of sp³-hybridized carbons (Fsp3) is 0.800. The number of nitrogens with zero attached hydrogens (tertiary/aromatic N) is 1. The van der Waals surface area contributed by atoms with Crippen LogP contribution in [0.25, 0.3) is 0 Å². The van der Waals surface area contributed by atoms with Gasteiger partial charge in [-0.15, -0.1) is 11.3 Å². The maximum atomic E-state index is 4.87. The first kappa shape index (κ1) is 14.0. The van der Waals surface area contributed by atoms with Gasteiger partial charge in [-0.2, -0.15) is 0 Å². The summed E-state index contributed by atoms with van der Waals surface area (Å²) in [5, 5.41) is 5.17. The fourth-order valence-electron chi connectivity index (χ4n) is 3.01. The average Bonchev–Trinajstić information content (AvgIpc) is 2.69. The fourth-order valence-corrected chi connectivity index (χ4v) is 4.24. The topological polar surface area (TPSA) is 24.9 Å². The van der Waals surface area contributed by atoms with Gasteiger partial charge in [0, 0.05) is 4.88 Å². The van der Waals surface area contributed by atoms with E-state index in [2.05, 4.69) is 33.0 Å². The lowest BCUT2D eigenvalue weighted by molar-refractivity contribution is 0.154. The molecule has 2 atom stereocenters. The Morgan fingerprint density at radius 2 is 2.17 bits per heavy atom. The molecule has 18 heavy (non-hydrogen) atoms. The summed E-state index contributed by atoms with van der Waals surface area (Å²) in [7, 11) is 0. The first-order chi connectivity index (χ1) is 8.60. The highest BCUT2D eigenvalue weighted by Crippen LogP contribution is 2.43. The van der Waals surface area contributed by atoms with Gasteiger partial charge < -0.3 is 5.32 Å². The summed E-state index contributed by atoms with van der Waals surface area (Å²) >= 11 is 1.90. The minimum atomic E-state index is 0.151. The third-order valence-electron chi connectivity index (χ3n) is 4.40. The maximum Gasteiger partial charge on any atom is 0.114 e. The molecule has 1 heterocycles. The van der Waals surface area contributed by atoms with Gasteiger partial charge in [-0.25, -0.2) is 4.98 Å². The standard InChI is InChI=1S/C15H26N2S/c1-5-10-16-15(9-7-6-8-11(15)2)14-17-12(3)13(4)18-14/h11,16H,5-10H2,1-4H3. The molecule has 1 saturated carbocycles. The van der Waals surface area contributed by atoms with Crippen LogP contribution in [0.1, 0.15) is 61.5 Å². The molecule has 0 saturated heterocycles. The van der Waals surface area contributed by atoms with Crippen LogP contribution in [-0.4, -0.2) is 11.5 Å². The predicted molar refractivity (Wildman–Crippen MR) is 79.2 cm³/mol. The number of hydrogen-bond acceptors (Lipinski definition) is 3. The van der Waals surface area contributed by atoms with Crippen molar-refractivity contribution in [3.8, 4) is 0 Å². The normalized spacial score (nSPS) is 28.6. The summed E-state index contributed by atoms with van der Waals surface area (Å²) in [5.41, 5.74) is 1.36. The number of hydrogen-bond donors (Lipinski definition) is 1. The smallest absolute Gasteiger partial charge is 0.114 e. The molecule has 102 valence electrons. The molecule has 1 N–H and O–H groups in total. The van der Waals surface area contributed by atoms with Crippen molar-refractivity contribution in [1.29, 1.82) is 0 Å². The predicted octanol–water partition coefficient (Wildman–Crippen LogP) is 4.16. The van der Waals surface area contributed by atoms with Crippen molar-refractivity contribution < 1.29 is 0 Å². The van der Waals surface area contributed by atoms with Crippen LogP contribution in [-0.2, 0) is 5.54 Å². The van der Waals surface area contributed by atoms with Gasteiger partial charge in [0.25, 0.3) is 0 Å². The highest BCUT2D eigenvalue weighted by molar-refractivity contribution is 7.11. The molecule has 1 aliphatic rings. The van der Waals surface area contributed by atoms with Crippen molar-refractivity contribution in [2.45, 2.75) is 65.3 Å². The van der Waals surface area contributed by atoms with Crippen LogP contribution in [0.3, 0.4) is 0 Å². The molecule has 2 unspecified atom stereocenters. The monoisotopic (exact) mass is 266 g/mol. The Bertz CT molecular complexity index is 380. The molecule has 0 spiro atoms. The van der Waals surface area contributed by atoms with Gasteiger partial charge in [0.1, 0.15) is 5.01 Å². The van der Waals surface area contributed by atoms with Gasteiger partial charge in [-0.3, -0.25) is 0 Å². The maximum absolute atomic E-state index is 4.87. The van der Waals surface area contributed by atoms with Crippen molar-refractivity contribution in [1.82, 2.24) is 10.3 Å². The Hall–Kier alpha value is -0.410. The highest BCUT2D eigenvalue weighted by Gasteiger charge is 2.41. The first-order valence-corrected chi connectivity index (χ1v) is 8.11. The average molecular weight is 266 g/mol. The van der Waals surface area contributed by atoms with E-state index in [9.17, 15) is 0 Å². The van der Waals surface area contributed by atoms with Gasteiger partial charge in [0.15, 0.2) is 0 Å². The quantitative estimate of drug-likeness (QED) is 0.885. The number of aryl methyl sites for hydroxylation is 2. The third-order valence-corrected chi connectivity index (χ3v) is 5.65. The van der Waals surface area contributed by atoms with E-state index >= 15 is 0 Å². The lowest BCUT2D eigenvalue weighted by Crippen LogP contribution is -2.49. The Kier molecular flexibility index (Phi) is 4.44. The molecule has 0 amide bonds. The Labute approximate surface area is 115 Å². The minimum absolute atomic E-state index is 0.151. The molecule has 2 nitrogen and oxygen atoms in total. The molecule has 1 aromatic heterocycles. The number of thiazole rings is 1. The molecular weight excluding hydrogens is 240 g/mol. The van der Waals surface area contributed by atoms with Gasteiger partial charge >= 0.3 is 0 Å². The van der Waals surface area contributed by atoms with Crippen molar-refractivity contribution in [3.63, 3.8) is 0 Å². The SMILES string of the molecule is CCCNC1(c2nc(C)c(C)s2)CCCCC1C. The summed E-state index contributed by atoms with van der Waals surface area (Å²) in [6.07, 6.45) is 6.48. The van der Waals surface area contributed by atoms with E-state index in [4.69, 9.17) is 4.98 Å². The largest absolute Gasteiger partial charge is 0.305 e. The number of rotatable bonds is 4. The zero-order valence-electron chi connectivity index (χ0n) is 12.2. The van der Waals surface area contributed by atoms with Crippen LogP contribution in [0, 0.1) is 19.8 Å². The van der Waals surface area contributed by atoms with E-state index in [0.29, 0.717) is 5.92 Å². The molecule has 1 fully saturated rings. The molecule has 1 aromatic rings. The number of aromatic nitrogens is 1. The van der Waals surface area contributed by atoms with E-state index < -0.39 is 0 Å². The van der Waals surface area contributed by atoms with Crippen LogP contribution in [0.4, 0.5) is 0 Å². The van der Waals surface area contributed by atoms with Crippen molar-refractivity contribution in [2.24, 2.45) is 5.92 Å². The summed E-state index contributed by atoms with van der Waals surface area (Å²) in [6.45, 7) is 10.1. The lowest BCUT2D eigenvalue weighted by Gasteiger charge is -2.42. The van der Waals surface area contributed by atoms with Gasteiger partial charge in [-0.05, 0) is 45.6 Å². The Morgan fingerprint density at radius 3 is 2.72 bits per heavy atom. The highest BCUT2D eigenvalue weighted by atomic mass is 32.1. The first-order valence-electron chi connectivity index (χ1n) is 7.29. The summed E-state index contributed by atoms with van der Waals surface area (Å²) in [6, 6.07) is 0. The van der Waals surface area contributed by atoms with Crippen molar-refractivity contribution in [2.75, 3.05) is 6.54 Å². The van der Waals surface area contributed by atoms with Crippen LogP contribution in [0.15, 0.2) is 0 Å². The van der Waals surface area contributed by atoms with E-state index in [0.717, 1.165) is 6.54 Å². The second-order valence-corrected chi connectivity index (χ2v) is 6.91. The molecule has 1 aliphatic carbocycles.